The highest BCUT2D eigenvalue weighted by Gasteiger charge is 2.31. The highest BCUT2D eigenvalue weighted by molar-refractivity contribution is 5.97. The molecule has 1 atom stereocenters. The summed E-state index contributed by atoms with van der Waals surface area (Å²) in [6.07, 6.45) is 0.350. The number of aryl methyl sites for hydroxylation is 2. The monoisotopic (exact) mass is 235 g/mol. The van der Waals surface area contributed by atoms with Gasteiger partial charge < -0.3 is 15.1 Å². The standard InChI is InChI=1S/C13H17NO3/c1-8-3-9(2)13(17)11(4-8)14-6-10(7-15)5-12(14)16/h3-4,10,15,17H,5-7H2,1-2H3. The van der Waals surface area contributed by atoms with Crippen molar-refractivity contribution in [2.24, 2.45) is 5.92 Å². The van der Waals surface area contributed by atoms with Gasteiger partial charge in [0.1, 0.15) is 5.75 Å². The molecule has 4 nitrogen and oxygen atoms in total. The lowest BCUT2D eigenvalue weighted by molar-refractivity contribution is -0.117. The number of carbonyl (C=O) groups is 1. The van der Waals surface area contributed by atoms with Gasteiger partial charge in [-0.15, -0.1) is 0 Å². The van der Waals surface area contributed by atoms with Gasteiger partial charge in [-0.05, 0) is 31.0 Å². The highest BCUT2D eigenvalue weighted by atomic mass is 16.3. The van der Waals surface area contributed by atoms with E-state index in [0.29, 0.717) is 18.7 Å². The van der Waals surface area contributed by atoms with Gasteiger partial charge in [0.05, 0.1) is 5.69 Å². The zero-order valence-electron chi connectivity index (χ0n) is 10.1. The van der Waals surface area contributed by atoms with Crippen LogP contribution in [0.1, 0.15) is 17.5 Å². The van der Waals surface area contributed by atoms with Crippen molar-refractivity contribution in [3.05, 3.63) is 23.3 Å². The third-order valence-electron chi connectivity index (χ3n) is 3.18. The molecule has 1 fully saturated rings. The Bertz CT molecular complexity index is 456. The number of anilines is 1. The van der Waals surface area contributed by atoms with Crippen molar-refractivity contribution in [2.45, 2.75) is 20.3 Å². The van der Waals surface area contributed by atoms with E-state index in [-0.39, 0.29) is 24.2 Å². The number of nitrogens with zero attached hydrogens (tertiary/aromatic N) is 1. The van der Waals surface area contributed by atoms with Crippen molar-refractivity contribution < 1.29 is 15.0 Å². The number of benzene rings is 1. The first kappa shape index (κ1) is 11.9. The van der Waals surface area contributed by atoms with Crippen molar-refractivity contribution >= 4 is 11.6 Å². The molecule has 17 heavy (non-hydrogen) atoms. The van der Waals surface area contributed by atoms with Crippen molar-refractivity contribution in [3.8, 4) is 5.75 Å². The fourth-order valence-corrected chi connectivity index (χ4v) is 2.28. The van der Waals surface area contributed by atoms with Gasteiger partial charge >= 0.3 is 0 Å². The van der Waals surface area contributed by atoms with Crippen LogP contribution in [0.25, 0.3) is 0 Å². The van der Waals surface area contributed by atoms with E-state index < -0.39 is 0 Å². The van der Waals surface area contributed by atoms with Gasteiger partial charge in [0, 0.05) is 25.5 Å². The summed E-state index contributed by atoms with van der Waals surface area (Å²) in [6.45, 7) is 4.23. The second-order valence-electron chi connectivity index (χ2n) is 4.71. The van der Waals surface area contributed by atoms with Crippen LogP contribution in [-0.2, 0) is 4.79 Å². The fraction of sp³-hybridized carbons (Fsp3) is 0.462. The molecule has 0 spiro atoms. The largest absolute Gasteiger partial charge is 0.505 e. The molecule has 0 radical (unpaired) electrons. The number of carbonyl (C=O) groups excluding carboxylic acids is 1. The molecule has 92 valence electrons. The Morgan fingerprint density at radius 1 is 1.41 bits per heavy atom. The third-order valence-corrected chi connectivity index (χ3v) is 3.18. The molecule has 0 aliphatic carbocycles. The van der Waals surface area contributed by atoms with Crippen LogP contribution in [0.3, 0.4) is 0 Å². The van der Waals surface area contributed by atoms with Crippen LogP contribution >= 0.6 is 0 Å². The maximum Gasteiger partial charge on any atom is 0.227 e. The Kier molecular flexibility index (Phi) is 3.07. The smallest absolute Gasteiger partial charge is 0.227 e. The van der Waals surface area contributed by atoms with Crippen LogP contribution < -0.4 is 4.90 Å². The van der Waals surface area contributed by atoms with E-state index in [4.69, 9.17) is 5.11 Å². The van der Waals surface area contributed by atoms with E-state index in [1.165, 1.54) is 0 Å². The summed E-state index contributed by atoms with van der Waals surface area (Å²) < 4.78 is 0. The molecule has 1 aliphatic heterocycles. The molecule has 0 saturated carbocycles. The minimum Gasteiger partial charge on any atom is -0.505 e. The lowest BCUT2D eigenvalue weighted by atomic mass is 10.1. The van der Waals surface area contributed by atoms with Crippen molar-refractivity contribution in [3.63, 3.8) is 0 Å². The minimum absolute atomic E-state index is 0.00774. The molecular weight excluding hydrogens is 218 g/mol. The average Bonchev–Trinajstić information content (AvgIpc) is 2.65. The number of phenols is 1. The summed E-state index contributed by atoms with van der Waals surface area (Å²) in [5.41, 5.74) is 2.33. The first-order valence-electron chi connectivity index (χ1n) is 5.74. The van der Waals surface area contributed by atoms with E-state index in [0.717, 1.165) is 11.1 Å². The predicted octanol–water partition coefficient (Wildman–Crippen LogP) is 1.35. The van der Waals surface area contributed by atoms with Gasteiger partial charge in [0.15, 0.2) is 0 Å². The van der Waals surface area contributed by atoms with Gasteiger partial charge in [-0.3, -0.25) is 4.79 Å². The molecule has 0 bridgehead atoms. The van der Waals surface area contributed by atoms with Crippen molar-refractivity contribution in [1.82, 2.24) is 0 Å². The first-order valence-corrected chi connectivity index (χ1v) is 5.74. The van der Waals surface area contributed by atoms with Gasteiger partial charge in [0.25, 0.3) is 0 Å². The summed E-state index contributed by atoms with van der Waals surface area (Å²) in [5, 5.41) is 19.1. The minimum atomic E-state index is -0.0376. The molecular formula is C13H17NO3. The molecule has 1 unspecified atom stereocenters. The van der Waals surface area contributed by atoms with Gasteiger partial charge in [-0.2, -0.15) is 0 Å². The lowest BCUT2D eigenvalue weighted by Crippen LogP contribution is -2.25. The molecule has 2 rings (SSSR count). The summed E-state index contributed by atoms with van der Waals surface area (Å²) >= 11 is 0. The van der Waals surface area contributed by atoms with Gasteiger partial charge in [0.2, 0.25) is 5.91 Å². The second-order valence-corrected chi connectivity index (χ2v) is 4.71. The van der Waals surface area contributed by atoms with Crippen LogP contribution in [0.5, 0.6) is 5.75 Å². The summed E-state index contributed by atoms with van der Waals surface area (Å²) in [4.78, 5) is 13.4. The Hall–Kier alpha value is -1.55. The molecule has 1 aromatic rings. The molecule has 1 saturated heterocycles. The van der Waals surface area contributed by atoms with Gasteiger partial charge in [-0.25, -0.2) is 0 Å². The quantitative estimate of drug-likeness (QED) is 0.813. The van der Waals surface area contributed by atoms with Gasteiger partial charge in [-0.1, -0.05) is 6.07 Å². The SMILES string of the molecule is Cc1cc(C)c(O)c(N2CC(CO)CC2=O)c1. The summed E-state index contributed by atoms with van der Waals surface area (Å²) in [6, 6.07) is 3.68. The Morgan fingerprint density at radius 3 is 2.71 bits per heavy atom. The number of phenolic OH excluding ortho intramolecular Hbond substituents is 1. The van der Waals surface area contributed by atoms with E-state index in [2.05, 4.69) is 0 Å². The fourth-order valence-electron chi connectivity index (χ4n) is 2.28. The topological polar surface area (TPSA) is 60.8 Å². The molecule has 1 aliphatic rings. The first-order chi connectivity index (χ1) is 8.02. The number of aliphatic hydroxyl groups excluding tert-OH is 1. The zero-order chi connectivity index (χ0) is 12.6. The van der Waals surface area contributed by atoms with E-state index in [1.54, 1.807) is 11.0 Å². The van der Waals surface area contributed by atoms with Crippen LogP contribution in [0.2, 0.25) is 0 Å². The molecule has 1 heterocycles. The van der Waals surface area contributed by atoms with Crippen LogP contribution in [0.15, 0.2) is 12.1 Å². The summed E-state index contributed by atoms with van der Waals surface area (Å²) in [7, 11) is 0. The molecule has 4 heteroatoms. The maximum atomic E-state index is 11.8. The van der Waals surface area contributed by atoms with Crippen molar-refractivity contribution in [2.75, 3.05) is 18.1 Å². The number of aromatic hydroxyl groups is 1. The zero-order valence-corrected chi connectivity index (χ0v) is 10.1. The van der Waals surface area contributed by atoms with E-state index in [9.17, 15) is 9.90 Å². The Labute approximate surface area is 100 Å². The van der Waals surface area contributed by atoms with Crippen LogP contribution in [0.4, 0.5) is 5.69 Å². The van der Waals surface area contributed by atoms with E-state index >= 15 is 0 Å². The molecule has 2 N–H and O–H groups in total. The molecule has 1 aromatic carbocycles. The van der Waals surface area contributed by atoms with E-state index in [1.807, 2.05) is 19.9 Å². The number of hydrogen-bond acceptors (Lipinski definition) is 3. The van der Waals surface area contributed by atoms with Crippen LogP contribution in [0, 0.1) is 19.8 Å². The molecule has 0 aromatic heterocycles. The van der Waals surface area contributed by atoms with Crippen LogP contribution in [-0.4, -0.2) is 29.3 Å². The Balaban J connectivity index is 2.38. The molecule has 1 amide bonds. The summed E-state index contributed by atoms with van der Waals surface area (Å²) in [5.74, 6) is 0.0922. The Morgan fingerprint density at radius 2 is 2.12 bits per heavy atom. The number of rotatable bonds is 2. The lowest BCUT2D eigenvalue weighted by Gasteiger charge is -2.19. The number of hydrogen-bond donors (Lipinski definition) is 2. The number of aliphatic hydroxyl groups is 1. The highest BCUT2D eigenvalue weighted by Crippen LogP contribution is 2.35. The maximum absolute atomic E-state index is 11.8. The predicted molar refractivity (Wildman–Crippen MR) is 65.1 cm³/mol. The third kappa shape index (κ3) is 2.13. The normalized spacial score (nSPS) is 20.1. The van der Waals surface area contributed by atoms with Crippen molar-refractivity contribution in [1.29, 1.82) is 0 Å². The number of amides is 1. The average molecular weight is 235 g/mol. The second kappa shape index (κ2) is 4.37.